The maximum atomic E-state index is 9.92. The number of nitrogens with zero attached hydrogens (tertiary/aromatic N) is 2. The van der Waals surface area contributed by atoms with Crippen LogP contribution >= 0.6 is 0 Å². The van der Waals surface area contributed by atoms with Crippen LogP contribution in [0.3, 0.4) is 0 Å². The van der Waals surface area contributed by atoms with Gasteiger partial charge in [-0.15, -0.1) is 6.42 Å². The molecular weight excluding hydrogens is 412 g/mol. The summed E-state index contributed by atoms with van der Waals surface area (Å²) in [6, 6.07) is 14.2. The highest BCUT2D eigenvalue weighted by molar-refractivity contribution is 5.70. The number of nitrogen functional groups attached to an aromatic ring is 1. The summed E-state index contributed by atoms with van der Waals surface area (Å²) >= 11 is 0. The first-order valence-corrected chi connectivity index (χ1v) is 10.2. The highest BCUT2D eigenvalue weighted by Gasteiger charge is 2.15. The summed E-state index contributed by atoms with van der Waals surface area (Å²) in [6.45, 7) is 6.98. The predicted octanol–water partition coefficient (Wildman–Crippen LogP) is 4.79. The Kier molecular flexibility index (Phi) is 6.59. The first-order valence-electron chi connectivity index (χ1n) is 10.2. The Bertz CT molecular complexity index is 1340. The van der Waals surface area contributed by atoms with E-state index in [0.29, 0.717) is 39.8 Å². The van der Waals surface area contributed by atoms with E-state index in [2.05, 4.69) is 34.1 Å². The van der Waals surface area contributed by atoms with Crippen molar-refractivity contribution in [3.63, 3.8) is 0 Å². The summed E-state index contributed by atoms with van der Waals surface area (Å²) in [5.74, 6) is 9.79. The number of pyridine rings is 1. The van der Waals surface area contributed by atoms with Crippen LogP contribution in [0.25, 0.3) is 0 Å². The van der Waals surface area contributed by atoms with Crippen molar-refractivity contribution >= 4 is 17.2 Å². The van der Waals surface area contributed by atoms with Crippen LogP contribution in [0.1, 0.15) is 41.7 Å². The first-order chi connectivity index (χ1) is 15.6. The molecule has 0 bridgehead atoms. The number of terminal acetylenes is 1. The first kappa shape index (κ1) is 23.2. The van der Waals surface area contributed by atoms with Crippen molar-refractivity contribution < 1.29 is 9.84 Å². The second-order valence-electron chi connectivity index (χ2n) is 8.03. The van der Waals surface area contributed by atoms with E-state index in [1.165, 1.54) is 0 Å². The number of nitrogens with one attached hydrogen (secondary N) is 1. The van der Waals surface area contributed by atoms with Crippen LogP contribution in [0.4, 0.5) is 17.2 Å². The fourth-order valence-corrected chi connectivity index (χ4v) is 3.11. The van der Waals surface area contributed by atoms with Crippen LogP contribution in [-0.4, -0.2) is 15.7 Å². The lowest BCUT2D eigenvalue weighted by Gasteiger charge is -2.16. The highest BCUT2D eigenvalue weighted by Crippen LogP contribution is 2.33. The van der Waals surface area contributed by atoms with E-state index in [1.807, 2.05) is 19.9 Å². The number of aromatic nitrogens is 1. The molecule has 3 rings (SSSR count). The fraction of sp³-hybridized carbons (Fsp3) is 0.185. The Labute approximate surface area is 194 Å². The lowest BCUT2D eigenvalue weighted by molar-refractivity contribution is 0.143. The summed E-state index contributed by atoms with van der Waals surface area (Å²) in [5, 5.41) is 22.0. The summed E-state index contributed by atoms with van der Waals surface area (Å²) in [7, 11) is 0. The maximum absolute atomic E-state index is 9.92. The van der Waals surface area contributed by atoms with Crippen molar-refractivity contribution in [2.75, 3.05) is 11.1 Å². The monoisotopic (exact) mass is 436 g/mol. The van der Waals surface area contributed by atoms with Gasteiger partial charge in [-0.25, -0.2) is 0 Å². The summed E-state index contributed by atoms with van der Waals surface area (Å²) in [6.07, 6.45) is 5.76. The number of nitrogens with two attached hydrogens (primary N) is 1. The zero-order valence-corrected chi connectivity index (χ0v) is 18.9. The lowest BCUT2D eigenvalue weighted by atomic mass is 9.97. The number of ether oxygens (including phenoxy) is 1. The molecule has 33 heavy (non-hydrogen) atoms. The van der Waals surface area contributed by atoms with Gasteiger partial charge >= 0.3 is 0 Å². The average Bonchev–Trinajstić information content (AvgIpc) is 2.77. The third-order valence-corrected chi connectivity index (χ3v) is 4.74. The number of aryl methyl sites for hydroxylation is 1. The van der Waals surface area contributed by atoms with E-state index < -0.39 is 5.60 Å². The molecule has 1 aromatic heterocycles. The third kappa shape index (κ3) is 5.63. The molecule has 0 spiro atoms. The Morgan fingerprint density at radius 1 is 1.15 bits per heavy atom. The van der Waals surface area contributed by atoms with Crippen LogP contribution in [-0.2, 0) is 0 Å². The quantitative estimate of drug-likeness (QED) is 0.508. The molecule has 0 saturated carbocycles. The highest BCUT2D eigenvalue weighted by atomic mass is 16.5. The van der Waals surface area contributed by atoms with Crippen LogP contribution in [0.5, 0.6) is 11.6 Å². The van der Waals surface area contributed by atoms with Crippen molar-refractivity contribution in [3.8, 4) is 41.9 Å². The van der Waals surface area contributed by atoms with Gasteiger partial charge in [0.25, 0.3) is 0 Å². The van der Waals surface area contributed by atoms with Gasteiger partial charge in [-0.2, -0.15) is 10.2 Å². The molecule has 1 heterocycles. The van der Waals surface area contributed by atoms with E-state index in [1.54, 1.807) is 50.2 Å². The molecule has 0 radical (unpaired) electrons. The molecule has 0 aliphatic carbocycles. The van der Waals surface area contributed by atoms with Crippen LogP contribution in [0.2, 0.25) is 0 Å². The summed E-state index contributed by atoms with van der Waals surface area (Å²) in [4.78, 5) is 4.50. The summed E-state index contributed by atoms with van der Waals surface area (Å²) < 4.78 is 6.11. The van der Waals surface area contributed by atoms with E-state index in [4.69, 9.17) is 22.2 Å². The molecule has 0 atom stereocenters. The molecule has 0 unspecified atom stereocenters. The Morgan fingerprint density at radius 2 is 1.85 bits per heavy atom. The number of anilines is 3. The SMILES string of the molecule is C#Cc1c(C#CC(C)(C)O)cc(C)c(Oc2ccc(N)c(Nc3ccc(C#N)cc3)n2)c1C. The Balaban J connectivity index is 1.94. The molecule has 0 fully saturated rings. The van der Waals surface area contributed by atoms with Crippen molar-refractivity contribution in [1.29, 1.82) is 5.26 Å². The molecule has 6 heteroatoms. The zero-order chi connectivity index (χ0) is 24.2. The normalized spacial score (nSPS) is 10.4. The van der Waals surface area contributed by atoms with Gasteiger partial charge < -0.3 is 20.9 Å². The molecule has 2 aromatic carbocycles. The summed E-state index contributed by atoms with van der Waals surface area (Å²) in [5.41, 5.74) is 9.52. The topological polar surface area (TPSA) is 104 Å². The van der Waals surface area contributed by atoms with Gasteiger partial charge in [0.05, 0.1) is 17.3 Å². The Hall–Kier alpha value is -4.44. The molecule has 3 aromatic rings. The van der Waals surface area contributed by atoms with Gasteiger partial charge in [0, 0.05) is 28.4 Å². The van der Waals surface area contributed by atoms with Gasteiger partial charge in [0.2, 0.25) is 5.88 Å². The minimum Gasteiger partial charge on any atom is -0.438 e. The molecule has 0 amide bonds. The van der Waals surface area contributed by atoms with Crippen LogP contribution < -0.4 is 15.8 Å². The van der Waals surface area contributed by atoms with Crippen molar-refractivity contribution in [2.24, 2.45) is 0 Å². The molecule has 0 saturated heterocycles. The van der Waals surface area contributed by atoms with Gasteiger partial charge in [0.15, 0.2) is 5.82 Å². The second kappa shape index (κ2) is 9.37. The van der Waals surface area contributed by atoms with E-state index >= 15 is 0 Å². The second-order valence-corrected chi connectivity index (χ2v) is 8.03. The van der Waals surface area contributed by atoms with E-state index in [9.17, 15) is 5.11 Å². The lowest BCUT2D eigenvalue weighted by Crippen LogP contribution is -2.14. The predicted molar refractivity (Wildman–Crippen MR) is 130 cm³/mol. The molecule has 6 nitrogen and oxygen atoms in total. The van der Waals surface area contributed by atoms with Gasteiger partial charge in [-0.3, -0.25) is 0 Å². The minimum absolute atomic E-state index is 0.338. The van der Waals surface area contributed by atoms with Gasteiger partial charge in [-0.1, -0.05) is 17.8 Å². The maximum Gasteiger partial charge on any atom is 0.221 e. The number of nitriles is 1. The van der Waals surface area contributed by atoms with E-state index in [-0.39, 0.29) is 0 Å². The Morgan fingerprint density at radius 3 is 2.45 bits per heavy atom. The van der Waals surface area contributed by atoms with Crippen LogP contribution in [0, 0.1) is 49.4 Å². The number of rotatable bonds is 4. The third-order valence-electron chi connectivity index (χ3n) is 4.74. The van der Waals surface area contributed by atoms with E-state index in [0.717, 1.165) is 16.8 Å². The zero-order valence-electron chi connectivity index (χ0n) is 18.9. The molecule has 164 valence electrons. The number of aliphatic hydroxyl groups is 1. The number of benzene rings is 2. The molecule has 0 aliphatic rings. The number of hydrogen-bond donors (Lipinski definition) is 3. The molecule has 0 aliphatic heterocycles. The average molecular weight is 437 g/mol. The minimum atomic E-state index is -1.13. The van der Waals surface area contributed by atoms with Crippen LogP contribution in [0.15, 0.2) is 42.5 Å². The molecule has 4 N–H and O–H groups in total. The van der Waals surface area contributed by atoms with Crippen molar-refractivity contribution in [1.82, 2.24) is 4.98 Å². The standard InChI is InChI=1S/C27H24N4O2/c1-6-22-18(3)25(17(2)15-20(22)13-14-27(4,5)32)33-24-12-11-23(29)26(31-24)30-21-9-7-19(16-28)8-10-21/h1,7-12,15,32H,29H2,2-5H3,(H,30,31). The molecular formula is C27H24N4O2. The van der Waals surface area contributed by atoms with Gasteiger partial charge in [0.1, 0.15) is 11.4 Å². The fourth-order valence-electron chi connectivity index (χ4n) is 3.11. The number of hydrogen-bond acceptors (Lipinski definition) is 6. The van der Waals surface area contributed by atoms with Gasteiger partial charge in [-0.05, 0) is 69.7 Å². The smallest absolute Gasteiger partial charge is 0.221 e. The largest absolute Gasteiger partial charge is 0.438 e. The van der Waals surface area contributed by atoms with Crippen molar-refractivity contribution in [2.45, 2.75) is 33.3 Å². The van der Waals surface area contributed by atoms with Crippen molar-refractivity contribution in [3.05, 3.63) is 70.3 Å².